The molecule has 0 fully saturated rings. The lowest BCUT2D eigenvalue weighted by Crippen LogP contribution is -2.41. The summed E-state index contributed by atoms with van der Waals surface area (Å²) in [4.78, 5) is 52.5. The topological polar surface area (TPSA) is 266 Å². The standard InChI is InChI=1S/C19H23N7O6.C7H8O3S/c20-19-25-15-14(17(30)26-19)23-11(8-22-15)7-21-10-3-1-9(2-4-10)16(29)24-12(18(31)32)5-6-13(27)28;1-6-2-4-7(5-3-6)11(8,9)10/h1-4,11-12,21,23H,5-8H2,(H,24,29)(H,27,28)(H,31,32)(H4,20,22,25,26,30);2-5H,1H3,(H,8,9,10). The molecule has 0 spiro atoms. The van der Waals surface area contributed by atoms with Crippen LogP contribution in [0.25, 0.3) is 0 Å². The van der Waals surface area contributed by atoms with Crippen LogP contribution in [0.2, 0.25) is 0 Å². The van der Waals surface area contributed by atoms with Gasteiger partial charge in [-0.25, -0.2) is 4.79 Å². The number of nitrogens with one attached hydrogen (secondary N) is 5. The molecule has 2 heterocycles. The summed E-state index contributed by atoms with van der Waals surface area (Å²) in [6.45, 7) is 2.80. The Morgan fingerprint density at radius 1 is 1.09 bits per heavy atom. The van der Waals surface area contributed by atoms with Gasteiger partial charge < -0.3 is 37.2 Å². The second kappa shape index (κ2) is 14.1. The summed E-state index contributed by atoms with van der Waals surface area (Å²) in [5.74, 6) is -2.64. The number of nitrogens with two attached hydrogens (primary N) is 1. The van der Waals surface area contributed by atoms with Gasteiger partial charge in [0.2, 0.25) is 5.95 Å². The van der Waals surface area contributed by atoms with Gasteiger partial charge >= 0.3 is 11.9 Å². The maximum atomic E-state index is 12.3. The van der Waals surface area contributed by atoms with E-state index < -0.39 is 34.0 Å². The number of aliphatic carboxylic acids is 2. The molecule has 4 rings (SSSR count). The fourth-order valence-corrected chi connectivity index (χ4v) is 4.29. The Morgan fingerprint density at radius 2 is 1.74 bits per heavy atom. The van der Waals surface area contributed by atoms with Crippen molar-refractivity contribution in [2.75, 3.05) is 34.8 Å². The highest BCUT2D eigenvalue weighted by atomic mass is 32.2. The first kappa shape index (κ1) is 32.4. The lowest BCUT2D eigenvalue weighted by Gasteiger charge is -2.27. The summed E-state index contributed by atoms with van der Waals surface area (Å²) in [5, 5.41) is 29.5. The zero-order chi connectivity index (χ0) is 31.7. The molecular formula is C26H31N7O9S. The Bertz CT molecular complexity index is 1630. The zero-order valence-corrected chi connectivity index (χ0v) is 23.6. The summed E-state index contributed by atoms with van der Waals surface area (Å²) >= 11 is 0. The van der Waals surface area contributed by atoms with Crippen LogP contribution in [0.1, 0.15) is 28.8 Å². The quantitative estimate of drug-likeness (QED) is 0.143. The predicted octanol–water partition coefficient (Wildman–Crippen LogP) is 0.960. The van der Waals surface area contributed by atoms with Crippen molar-refractivity contribution in [1.82, 2.24) is 15.3 Å². The highest BCUT2D eigenvalue weighted by Crippen LogP contribution is 2.20. The summed E-state index contributed by atoms with van der Waals surface area (Å²) < 4.78 is 29.6. The number of carboxylic acids is 2. The van der Waals surface area contributed by atoms with Crippen LogP contribution in [0.4, 0.5) is 23.1 Å². The summed E-state index contributed by atoms with van der Waals surface area (Å²) in [5.41, 5.74) is 7.36. The van der Waals surface area contributed by atoms with E-state index in [4.69, 9.17) is 20.5 Å². The number of fused-ring (bicyclic) bond motifs is 1. The van der Waals surface area contributed by atoms with Crippen LogP contribution in [0.5, 0.6) is 0 Å². The number of benzene rings is 2. The highest BCUT2D eigenvalue weighted by Gasteiger charge is 2.23. The molecule has 2 unspecified atom stereocenters. The number of nitrogen functional groups attached to an aromatic ring is 1. The van der Waals surface area contributed by atoms with Gasteiger partial charge in [-0.1, -0.05) is 17.7 Å². The normalized spacial score (nSPS) is 14.4. The van der Waals surface area contributed by atoms with E-state index in [0.717, 1.165) is 5.56 Å². The number of hydrogen-bond acceptors (Lipinski definition) is 11. The van der Waals surface area contributed by atoms with E-state index >= 15 is 0 Å². The van der Waals surface area contributed by atoms with Crippen LogP contribution >= 0.6 is 0 Å². The first-order valence-corrected chi connectivity index (χ1v) is 14.2. The molecule has 1 aromatic heterocycles. The van der Waals surface area contributed by atoms with Crippen molar-refractivity contribution in [3.05, 3.63) is 70.0 Å². The second-order valence-electron chi connectivity index (χ2n) is 9.44. The maximum absolute atomic E-state index is 12.3. The highest BCUT2D eigenvalue weighted by molar-refractivity contribution is 7.85. The largest absolute Gasteiger partial charge is 0.481 e. The van der Waals surface area contributed by atoms with Gasteiger partial charge in [-0.15, -0.1) is 0 Å². The molecule has 2 atom stereocenters. The van der Waals surface area contributed by atoms with E-state index in [1.54, 1.807) is 24.3 Å². The lowest BCUT2D eigenvalue weighted by molar-refractivity contribution is -0.140. The molecular weight excluding hydrogens is 586 g/mol. The van der Waals surface area contributed by atoms with E-state index in [-0.39, 0.29) is 40.9 Å². The minimum atomic E-state index is -4.02. The van der Waals surface area contributed by atoms with E-state index in [2.05, 4.69) is 31.2 Å². The van der Waals surface area contributed by atoms with Gasteiger partial charge in [0.15, 0.2) is 5.82 Å². The number of H-pyrrole nitrogens is 1. The van der Waals surface area contributed by atoms with Crippen LogP contribution in [0, 0.1) is 6.92 Å². The first-order valence-electron chi connectivity index (χ1n) is 12.8. The molecule has 0 radical (unpaired) electrons. The van der Waals surface area contributed by atoms with Crippen molar-refractivity contribution >= 4 is 51.1 Å². The molecule has 43 heavy (non-hydrogen) atoms. The number of rotatable bonds is 10. The molecule has 0 aliphatic carbocycles. The van der Waals surface area contributed by atoms with E-state index in [9.17, 15) is 27.6 Å². The molecule has 10 N–H and O–H groups in total. The van der Waals surface area contributed by atoms with Gasteiger partial charge in [0.25, 0.3) is 21.6 Å². The van der Waals surface area contributed by atoms with Crippen molar-refractivity contribution < 1.29 is 37.6 Å². The zero-order valence-electron chi connectivity index (χ0n) is 22.8. The minimum absolute atomic E-state index is 0.0281. The Hall–Kier alpha value is -5.16. The number of carboxylic acid groups (broad SMARTS) is 2. The number of aromatic nitrogens is 2. The number of carbonyl (C=O) groups excluding carboxylic acids is 1. The van der Waals surface area contributed by atoms with Gasteiger partial charge in [-0.05, 0) is 49.7 Å². The fourth-order valence-electron chi connectivity index (χ4n) is 3.81. The maximum Gasteiger partial charge on any atom is 0.326 e. The third-order valence-corrected chi connectivity index (χ3v) is 6.94. The molecule has 16 nitrogen and oxygen atoms in total. The Morgan fingerprint density at radius 3 is 2.33 bits per heavy atom. The smallest absolute Gasteiger partial charge is 0.326 e. The monoisotopic (exact) mass is 617 g/mol. The molecule has 1 aliphatic heterocycles. The van der Waals surface area contributed by atoms with Crippen molar-refractivity contribution in [3.63, 3.8) is 0 Å². The number of aromatic amines is 1. The Balaban J connectivity index is 0.000000386. The van der Waals surface area contributed by atoms with Gasteiger partial charge in [-0.2, -0.15) is 13.4 Å². The number of carbonyl (C=O) groups is 3. The van der Waals surface area contributed by atoms with Crippen molar-refractivity contribution in [2.24, 2.45) is 0 Å². The summed E-state index contributed by atoms with van der Waals surface area (Å²) in [7, 11) is -4.02. The third kappa shape index (κ3) is 9.72. The molecule has 0 saturated heterocycles. The average Bonchev–Trinajstić information content (AvgIpc) is 2.94. The van der Waals surface area contributed by atoms with E-state index in [1.165, 1.54) is 24.3 Å². The fraction of sp³-hybridized carbons (Fsp3) is 0.269. The van der Waals surface area contributed by atoms with Gasteiger partial charge in [0.1, 0.15) is 11.7 Å². The molecule has 3 aromatic rings. The van der Waals surface area contributed by atoms with Crippen LogP contribution in [0.15, 0.2) is 58.2 Å². The lowest BCUT2D eigenvalue weighted by atomic mass is 10.1. The molecule has 1 amide bonds. The van der Waals surface area contributed by atoms with Gasteiger partial charge in [0, 0.05) is 30.8 Å². The second-order valence-corrected chi connectivity index (χ2v) is 10.9. The number of hydrogen-bond donors (Lipinski definition) is 9. The third-order valence-electron chi connectivity index (χ3n) is 6.07. The molecule has 230 valence electrons. The van der Waals surface area contributed by atoms with Crippen LogP contribution in [-0.4, -0.2) is 76.2 Å². The average molecular weight is 618 g/mol. The Labute approximate surface area is 245 Å². The summed E-state index contributed by atoms with van der Waals surface area (Å²) in [6, 6.07) is 10.9. The Kier molecular flexibility index (Phi) is 10.6. The van der Waals surface area contributed by atoms with Crippen molar-refractivity contribution in [2.45, 2.75) is 36.7 Å². The van der Waals surface area contributed by atoms with Crippen LogP contribution in [-0.2, 0) is 19.7 Å². The first-order chi connectivity index (χ1) is 20.2. The van der Waals surface area contributed by atoms with Crippen molar-refractivity contribution in [3.8, 4) is 0 Å². The van der Waals surface area contributed by atoms with Crippen molar-refractivity contribution in [1.29, 1.82) is 0 Å². The van der Waals surface area contributed by atoms with E-state index in [0.29, 0.717) is 30.3 Å². The number of anilines is 4. The van der Waals surface area contributed by atoms with Crippen LogP contribution in [0.3, 0.4) is 0 Å². The molecule has 0 saturated carbocycles. The minimum Gasteiger partial charge on any atom is -0.481 e. The number of amides is 1. The SMILES string of the molecule is Cc1ccc(S(=O)(=O)O)cc1.Nc1nc2c(c(=O)[nH]1)NC(CNc1ccc(C(=O)NC(CCC(=O)O)C(=O)O)cc1)CN2. The molecule has 0 bridgehead atoms. The predicted molar refractivity (Wildman–Crippen MR) is 157 cm³/mol. The van der Waals surface area contributed by atoms with Crippen LogP contribution < -0.4 is 32.6 Å². The molecule has 17 heteroatoms. The molecule has 1 aliphatic rings. The summed E-state index contributed by atoms with van der Waals surface area (Å²) in [6.07, 6.45) is -0.587. The number of nitrogens with zero attached hydrogens (tertiary/aromatic N) is 1. The van der Waals surface area contributed by atoms with E-state index in [1.807, 2.05) is 6.92 Å². The van der Waals surface area contributed by atoms with Gasteiger partial charge in [0.05, 0.1) is 10.9 Å². The molecule has 2 aromatic carbocycles. The number of aryl methyl sites for hydroxylation is 1. The van der Waals surface area contributed by atoms with Gasteiger partial charge in [-0.3, -0.25) is 23.9 Å².